The lowest BCUT2D eigenvalue weighted by Gasteiger charge is -2.24. The van der Waals surface area contributed by atoms with E-state index < -0.39 is 0 Å². The van der Waals surface area contributed by atoms with Crippen LogP contribution < -0.4 is 10.6 Å². The summed E-state index contributed by atoms with van der Waals surface area (Å²) in [4.78, 5) is 0. The third kappa shape index (κ3) is 3.65. The van der Waals surface area contributed by atoms with E-state index in [4.69, 9.17) is 0 Å². The van der Waals surface area contributed by atoms with Gasteiger partial charge in [-0.15, -0.1) is 0 Å². The molecule has 0 saturated carbocycles. The van der Waals surface area contributed by atoms with Gasteiger partial charge in [0, 0.05) is 13.1 Å². The number of allylic oxidation sites excluding steroid dienone is 1. The maximum absolute atomic E-state index is 3.43. The van der Waals surface area contributed by atoms with Gasteiger partial charge in [0.25, 0.3) is 0 Å². The molecule has 2 heteroatoms. The van der Waals surface area contributed by atoms with Crippen LogP contribution in [0.1, 0.15) is 39.8 Å². The lowest BCUT2D eigenvalue weighted by atomic mass is 9.81. The molecule has 5 aromatic carbocycles. The minimum absolute atomic E-state index is 0.862. The van der Waals surface area contributed by atoms with Crippen molar-refractivity contribution in [3.05, 3.63) is 112 Å². The number of nitrogens with one attached hydrogen (secondary N) is 2. The molecule has 0 spiro atoms. The van der Waals surface area contributed by atoms with Gasteiger partial charge in [-0.25, -0.2) is 0 Å². The summed E-state index contributed by atoms with van der Waals surface area (Å²) in [7, 11) is 4.09. The summed E-state index contributed by atoms with van der Waals surface area (Å²) in [5.41, 5.74) is 8.71. The van der Waals surface area contributed by atoms with Crippen molar-refractivity contribution in [2.24, 2.45) is 0 Å². The monoisotopic (exact) mass is 456 g/mol. The van der Waals surface area contributed by atoms with Gasteiger partial charge in [-0.3, -0.25) is 0 Å². The standard InChI is InChI=1S/C33H32N2/c1-34-20-32-26-15-7-3-11-22(26)30(23-12-4-8-16-27(23)32)19-31-24-13-5-9-17-28(24)33(21-35-2)29-18-10-6-14-25(29)31/h3-9,11-17,34-35H,10,18-21H2,1-2H3. The predicted molar refractivity (Wildman–Crippen MR) is 151 cm³/mol. The summed E-state index contributed by atoms with van der Waals surface area (Å²) in [5.74, 6) is 0. The molecule has 1 aliphatic rings. The first-order valence-electron chi connectivity index (χ1n) is 12.7. The number of benzene rings is 5. The summed E-state index contributed by atoms with van der Waals surface area (Å²) in [6.07, 6.45) is 7.90. The van der Waals surface area contributed by atoms with Crippen LogP contribution in [0.25, 0.3) is 38.4 Å². The Kier molecular flexibility index (Phi) is 5.85. The van der Waals surface area contributed by atoms with E-state index >= 15 is 0 Å². The molecule has 0 unspecified atom stereocenters. The molecule has 0 atom stereocenters. The number of fused-ring (bicyclic) bond motifs is 4. The molecule has 0 saturated heterocycles. The van der Waals surface area contributed by atoms with Gasteiger partial charge in [-0.2, -0.15) is 0 Å². The summed E-state index contributed by atoms with van der Waals surface area (Å²) in [6, 6.07) is 27.0. The van der Waals surface area contributed by atoms with E-state index in [1.165, 1.54) is 65.7 Å². The first-order valence-corrected chi connectivity index (χ1v) is 12.7. The average molecular weight is 457 g/mol. The number of rotatable bonds is 6. The van der Waals surface area contributed by atoms with Crippen molar-refractivity contribution in [1.29, 1.82) is 0 Å². The minimum Gasteiger partial charge on any atom is -0.316 e. The Morgan fingerprint density at radius 1 is 0.571 bits per heavy atom. The van der Waals surface area contributed by atoms with Gasteiger partial charge in [0.1, 0.15) is 0 Å². The molecule has 0 aliphatic heterocycles. The molecule has 1 aliphatic carbocycles. The second kappa shape index (κ2) is 9.30. The summed E-state index contributed by atoms with van der Waals surface area (Å²) in [6.45, 7) is 1.77. The highest BCUT2D eigenvalue weighted by atomic mass is 14.8. The summed E-state index contributed by atoms with van der Waals surface area (Å²) in [5, 5.41) is 15.1. The van der Waals surface area contributed by atoms with Gasteiger partial charge in [0.15, 0.2) is 0 Å². The molecule has 0 fully saturated rings. The summed E-state index contributed by atoms with van der Waals surface area (Å²) >= 11 is 0. The van der Waals surface area contributed by atoms with Crippen molar-refractivity contribution in [2.45, 2.75) is 32.4 Å². The Bertz CT molecular complexity index is 1540. The van der Waals surface area contributed by atoms with Crippen molar-refractivity contribution in [3.8, 4) is 0 Å². The van der Waals surface area contributed by atoms with Gasteiger partial charge in [-0.1, -0.05) is 84.9 Å². The molecule has 0 amide bonds. The minimum atomic E-state index is 0.862. The normalized spacial score (nSPS) is 13.1. The largest absolute Gasteiger partial charge is 0.316 e. The van der Waals surface area contributed by atoms with Crippen LogP contribution in [-0.4, -0.2) is 14.1 Å². The van der Waals surface area contributed by atoms with Crippen LogP contribution in [0.3, 0.4) is 0 Å². The van der Waals surface area contributed by atoms with E-state index in [1.54, 1.807) is 0 Å². The van der Waals surface area contributed by atoms with Crippen LogP contribution in [0.2, 0.25) is 0 Å². The van der Waals surface area contributed by atoms with Gasteiger partial charge < -0.3 is 10.6 Å². The Hall–Kier alpha value is -3.46. The van der Waals surface area contributed by atoms with Crippen LogP contribution in [0.4, 0.5) is 0 Å². The van der Waals surface area contributed by atoms with Gasteiger partial charge in [0.2, 0.25) is 0 Å². The zero-order valence-electron chi connectivity index (χ0n) is 20.6. The Labute approximate surface area is 207 Å². The van der Waals surface area contributed by atoms with E-state index in [2.05, 4.69) is 103 Å². The Morgan fingerprint density at radius 3 is 1.57 bits per heavy atom. The number of hydrogen-bond donors (Lipinski definition) is 2. The zero-order chi connectivity index (χ0) is 23.8. The van der Waals surface area contributed by atoms with E-state index in [0.29, 0.717) is 0 Å². The molecule has 35 heavy (non-hydrogen) atoms. The first-order chi connectivity index (χ1) is 17.3. The highest BCUT2D eigenvalue weighted by Gasteiger charge is 2.21. The molecule has 5 aromatic rings. The van der Waals surface area contributed by atoms with Crippen molar-refractivity contribution >= 4 is 38.4 Å². The highest BCUT2D eigenvalue weighted by Crippen LogP contribution is 2.39. The first kappa shape index (κ1) is 22.0. The molecule has 2 nitrogen and oxygen atoms in total. The van der Waals surface area contributed by atoms with Gasteiger partial charge in [-0.05, 0) is 99.1 Å². The molecular formula is C33H32N2. The fourth-order valence-corrected chi connectivity index (χ4v) is 6.19. The molecule has 0 radical (unpaired) electrons. The van der Waals surface area contributed by atoms with Gasteiger partial charge in [0.05, 0.1) is 0 Å². The van der Waals surface area contributed by atoms with Gasteiger partial charge >= 0.3 is 0 Å². The predicted octanol–water partition coefficient (Wildman–Crippen LogP) is 7.14. The fraction of sp³-hybridized carbons (Fsp3) is 0.212. The Balaban J connectivity index is 1.68. The van der Waals surface area contributed by atoms with E-state index in [0.717, 1.165) is 32.4 Å². The lowest BCUT2D eigenvalue weighted by Crippen LogP contribution is -2.13. The molecule has 0 bridgehead atoms. The zero-order valence-corrected chi connectivity index (χ0v) is 20.6. The molecule has 6 rings (SSSR count). The van der Waals surface area contributed by atoms with Crippen LogP contribution in [0, 0.1) is 0 Å². The molecule has 174 valence electrons. The van der Waals surface area contributed by atoms with Crippen molar-refractivity contribution in [1.82, 2.24) is 10.6 Å². The van der Waals surface area contributed by atoms with Crippen molar-refractivity contribution in [3.63, 3.8) is 0 Å². The lowest BCUT2D eigenvalue weighted by molar-refractivity contribution is 0.804. The molecular weight excluding hydrogens is 424 g/mol. The summed E-state index contributed by atoms with van der Waals surface area (Å²) < 4.78 is 0. The maximum Gasteiger partial charge on any atom is 0.0214 e. The number of hydrogen-bond acceptors (Lipinski definition) is 2. The average Bonchev–Trinajstić information content (AvgIpc) is 2.92. The quantitative estimate of drug-likeness (QED) is 0.265. The van der Waals surface area contributed by atoms with Crippen LogP contribution >= 0.6 is 0 Å². The maximum atomic E-state index is 3.43. The highest BCUT2D eigenvalue weighted by molar-refractivity contribution is 6.06. The van der Waals surface area contributed by atoms with Crippen LogP contribution in [-0.2, 0) is 25.9 Å². The SMILES string of the molecule is CNCc1c2c(c(Cc3c4ccccc4c(CNC)c4ccccc34)c3ccccc13)C=CCC2. The van der Waals surface area contributed by atoms with E-state index in [-0.39, 0.29) is 0 Å². The third-order valence-electron chi connectivity index (χ3n) is 7.65. The van der Waals surface area contributed by atoms with Crippen molar-refractivity contribution in [2.75, 3.05) is 14.1 Å². The molecule has 0 aromatic heterocycles. The van der Waals surface area contributed by atoms with Crippen LogP contribution in [0.5, 0.6) is 0 Å². The fourth-order valence-electron chi connectivity index (χ4n) is 6.19. The Morgan fingerprint density at radius 2 is 1.03 bits per heavy atom. The van der Waals surface area contributed by atoms with E-state index in [1.807, 2.05) is 7.05 Å². The van der Waals surface area contributed by atoms with E-state index in [9.17, 15) is 0 Å². The second-order valence-corrected chi connectivity index (χ2v) is 9.62. The molecule has 2 N–H and O–H groups in total. The van der Waals surface area contributed by atoms with Crippen LogP contribution in [0.15, 0.2) is 78.9 Å². The third-order valence-corrected chi connectivity index (χ3v) is 7.65. The second-order valence-electron chi connectivity index (χ2n) is 9.62. The van der Waals surface area contributed by atoms with Crippen molar-refractivity contribution < 1.29 is 0 Å². The smallest absolute Gasteiger partial charge is 0.0214 e. The molecule has 0 heterocycles. The topological polar surface area (TPSA) is 24.1 Å².